The molecular formula is C14H31NO4S. The Kier molecular flexibility index (Phi) is 11.4. The van der Waals surface area contributed by atoms with Crippen molar-refractivity contribution < 1.29 is 17.5 Å². The number of unbranched alkanes of at least 4 members (excludes halogenated alkanes) is 5. The average Bonchev–Trinajstić information content (AvgIpc) is 2.34. The first kappa shape index (κ1) is 19.8. The van der Waals surface area contributed by atoms with Gasteiger partial charge in [0.1, 0.15) is 0 Å². The molecule has 20 heavy (non-hydrogen) atoms. The van der Waals surface area contributed by atoms with E-state index in [1.54, 1.807) is 0 Å². The highest BCUT2D eigenvalue weighted by atomic mass is 32.3. The van der Waals surface area contributed by atoms with Crippen LogP contribution < -0.4 is 5.73 Å². The maximum atomic E-state index is 8.74. The zero-order valence-electron chi connectivity index (χ0n) is 12.6. The van der Waals surface area contributed by atoms with E-state index in [-0.39, 0.29) is 0 Å². The van der Waals surface area contributed by atoms with Crippen LogP contribution in [0.4, 0.5) is 0 Å². The highest BCUT2D eigenvalue weighted by Gasteiger charge is 2.17. The molecular weight excluding hydrogens is 278 g/mol. The van der Waals surface area contributed by atoms with Crippen molar-refractivity contribution in [1.29, 1.82) is 0 Å². The van der Waals surface area contributed by atoms with Crippen molar-refractivity contribution in [3.63, 3.8) is 0 Å². The number of hydrogen-bond acceptors (Lipinski definition) is 3. The lowest BCUT2D eigenvalue weighted by molar-refractivity contribution is 0.302. The van der Waals surface area contributed by atoms with Gasteiger partial charge in [-0.05, 0) is 31.6 Å². The minimum absolute atomic E-state index is 0.519. The maximum absolute atomic E-state index is 8.74. The molecule has 1 saturated carbocycles. The molecule has 1 aliphatic carbocycles. The molecule has 5 nitrogen and oxygen atoms in total. The highest BCUT2D eigenvalue weighted by Crippen LogP contribution is 2.27. The molecule has 122 valence electrons. The first-order chi connectivity index (χ1) is 9.33. The molecule has 0 aromatic carbocycles. The average molecular weight is 309 g/mol. The third kappa shape index (κ3) is 15.9. The largest absolute Gasteiger partial charge is 0.394 e. The summed E-state index contributed by atoms with van der Waals surface area (Å²) in [5.41, 5.74) is 5.91. The highest BCUT2D eigenvalue weighted by molar-refractivity contribution is 7.79. The molecule has 6 heteroatoms. The summed E-state index contributed by atoms with van der Waals surface area (Å²) in [6, 6.07) is 0.519. The fourth-order valence-corrected chi connectivity index (χ4v) is 2.69. The van der Waals surface area contributed by atoms with E-state index >= 15 is 0 Å². The zero-order chi connectivity index (χ0) is 15.4. The van der Waals surface area contributed by atoms with Crippen LogP contribution in [0.25, 0.3) is 0 Å². The summed E-state index contributed by atoms with van der Waals surface area (Å²) in [5, 5.41) is 0. The molecule has 0 unspecified atom stereocenters. The van der Waals surface area contributed by atoms with Gasteiger partial charge in [0.25, 0.3) is 0 Å². The molecule has 0 amide bonds. The minimum atomic E-state index is -4.67. The van der Waals surface area contributed by atoms with Crippen LogP contribution in [-0.2, 0) is 10.4 Å². The van der Waals surface area contributed by atoms with E-state index in [0.29, 0.717) is 6.04 Å². The van der Waals surface area contributed by atoms with E-state index in [9.17, 15) is 0 Å². The van der Waals surface area contributed by atoms with Crippen molar-refractivity contribution in [2.24, 2.45) is 11.7 Å². The Morgan fingerprint density at radius 2 is 1.40 bits per heavy atom. The van der Waals surface area contributed by atoms with Gasteiger partial charge in [-0.1, -0.05) is 51.9 Å². The van der Waals surface area contributed by atoms with E-state index in [2.05, 4.69) is 6.92 Å². The summed E-state index contributed by atoms with van der Waals surface area (Å²) in [6.45, 7) is 2.28. The summed E-state index contributed by atoms with van der Waals surface area (Å²) in [7, 11) is -4.67. The Hall–Kier alpha value is -0.170. The molecule has 0 spiro atoms. The van der Waals surface area contributed by atoms with Gasteiger partial charge in [-0.2, -0.15) is 8.42 Å². The monoisotopic (exact) mass is 309 g/mol. The Bertz CT molecular complexity index is 303. The topological polar surface area (TPSA) is 101 Å². The van der Waals surface area contributed by atoms with Gasteiger partial charge in [0.05, 0.1) is 0 Å². The van der Waals surface area contributed by atoms with Crippen LogP contribution in [0.2, 0.25) is 0 Å². The fraction of sp³-hybridized carbons (Fsp3) is 1.00. The Balaban J connectivity index is 0.000000621. The lowest BCUT2D eigenvalue weighted by Gasteiger charge is -2.25. The lowest BCUT2D eigenvalue weighted by Crippen LogP contribution is -2.26. The third-order valence-electron chi connectivity index (χ3n) is 3.86. The van der Waals surface area contributed by atoms with Crippen molar-refractivity contribution in [2.75, 3.05) is 0 Å². The molecule has 0 aromatic heterocycles. The molecule has 0 saturated heterocycles. The molecule has 1 rings (SSSR count). The van der Waals surface area contributed by atoms with Gasteiger partial charge < -0.3 is 5.73 Å². The van der Waals surface area contributed by atoms with E-state index in [1.807, 2.05) is 0 Å². The molecule has 1 aliphatic rings. The maximum Gasteiger partial charge on any atom is 0.394 e. The van der Waals surface area contributed by atoms with E-state index in [0.717, 1.165) is 5.92 Å². The Morgan fingerprint density at radius 1 is 0.950 bits per heavy atom. The molecule has 1 fully saturated rings. The molecule has 0 atom stereocenters. The van der Waals surface area contributed by atoms with Gasteiger partial charge in [-0.25, -0.2) is 0 Å². The van der Waals surface area contributed by atoms with Crippen LogP contribution in [0, 0.1) is 5.92 Å². The second kappa shape index (κ2) is 11.5. The van der Waals surface area contributed by atoms with Gasteiger partial charge in [-0.15, -0.1) is 0 Å². The second-order valence-corrected chi connectivity index (χ2v) is 6.68. The molecule has 0 aliphatic heterocycles. The summed E-state index contributed by atoms with van der Waals surface area (Å²) in [5.74, 6) is 1.01. The molecule has 4 N–H and O–H groups in total. The summed E-state index contributed by atoms with van der Waals surface area (Å²) in [4.78, 5) is 0. The SMILES string of the molecule is CCCCCCCCC1CCC(N)CC1.O=S(=O)(O)O. The summed E-state index contributed by atoms with van der Waals surface area (Å²) >= 11 is 0. The van der Waals surface area contributed by atoms with E-state index < -0.39 is 10.4 Å². The van der Waals surface area contributed by atoms with Crippen molar-refractivity contribution >= 4 is 10.4 Å². The van der Waals surface area contributed by atoms with Crippen LogP contribution in [0.1, 0.15) is 77.6 Å². The predicted molar refractivity (Wildman–Crippen MR) is 82.1 cm³/mol. The predicted octanol–water partition coefficient (Wildman–Crippen LogP) is 3.60. The molecule has 0 radical (unpaired) electrons. The van der Waals surface area contributed by atoms with Gasteiger partial charge in [0, 0.05) is 6.04 Å². The zero-order valence-corrected chi connectivity index (χ0v) is 13.4. The second-order valence-electron chi connectivity index (χ2n) is 5.79. The fourth-order valence-electron chi connectivity index (χ4n) is 2.69. The molecule has 0 aromatic rings. The van der Waals surface area contributed by atoms with E-state index in [4.69, 9.17) is 23.3 Å². The van der Waals surface area contributed by atoms with Crippen LogP contribution in [-0.4, -0.2) is 23.6 Å². The first-order valence-electron chi connectivity index (χ1n) is 7.78. The van der Waals surface area contributed by atoms with Crippen molar-refractivity contribution in [1.82, 2.24) is 0 Å². The Labute approximate surface area is 123 Å². The Morgan fingerprint density at radius 3 is 1.90 bits per heavy atom. The first-order valence-corrected chi connectivity index (χ1v) is 9.18. The smallest absolute Gasteiger partial charge is 0.328 e. The van der Waals surface area contributed by atoms with E-state index in [1.165, 1.54) is 70.6 Å². The van der Waals surface area contributed by atoms with Gasteiger partial charge >= 0.3 is 10.4 Å². The van der Waals surface area contributed by atoms with Crippen LogP contribution >= 0.6 is 0 Å². The third-order valence-corrected chi connectivity index (χ3v) is 3.86. The molecule has 0 heterocycles. The number of rotatable bonds is 7. The van der Waals surface area contributed by atoms with Crippen molar-refractivity contribution in [3.8, 4) is 0 Å². The number of nitrogens with two attached hydrogens (primary N) is 1. The number of hydrogen-bond donors (Lipinski definition) is 3. The standard InChI is InChI=1S/C14H29N.H2O4S/c1-2-3-4-5-6-7-8-13-9-11-14(15)12-10-13;1-5(2,3)4/h13-14H,2-12,15H2,1H3;(H2,1,2,3,4). The lowest BCUT2D eigenvalue weighted by atomic mass is 9.83. The van der Waals surface area contributed by atoms with Gasteiger partial charge in [0.15, 0.2) is 0 Å². The minimum Gasteiger partial charge on any atom is -0.328 e. The quantitative estimate of drug-likeness (QED) is 0.492. The van der Waals surface area contributed by atoms with Crippen molar-refractivity contribution in [2.45, 2.75) is 83.6 Å². The summed E-state index contributed by atoms with van der Waals surface area (Å²) < 4.78 is 31.6. The normalized spacial score (nSPS) is 23.0. The van der Waals surface area contributed by atoms with Crippen molar-refractivity contribution in [3.05, 3.63) is 0 Å². The molecule has 0 bridgehead atoms. The summed E-state index contributed by atoms with van der Waals surface area (Å²) in [6.07, 6.45) is 15.4. The van der Waals surface area contributed by atoms with Crippen LogP contribution in [0.5, 0.6) is 0 Å². The van der Waals surface area contributed by atoms with Crippen LogP contribution in [0.3, 0.4) is 0 Å². The van der Waals surface area contributed by atoms with Gasteiger partial charge in [0.2, 0.25) is 0 Å². The van der Waals surface area contributed by atoms with Crippen LogP contribution in [0.15, 0.2) is 0 Å². The van der Waals surface area contributed by atoms with Gasteiger partial charge in [-0.3, -0.25) is 9.11 Å².